The second kappa shape index (κ2) is 7.35. The number of pyridine rings is 1. The SMILES string of the molecule is Cc1cc(C)n(-c2ccc(C(=O)N3CCC(c4ccncc4)CC3)cc2)n1. The van der Waals surface area contributed by atoms with E-state index in [4.69, 9.17) is 0 Å². The average molecular weight is 360 g/mol. The third-order valence-corrected chi connectivity index (χ3v) is 5.33. The van der Waals surface area contributed by atoms with Crippen LogP contribution in [-0.4, -0.2) is 38.7 Å². The molecular formula is C22H24N4O. The molecule has 0 N–H and O–H groups in total. The Bertz CT molecular complexity index is 923. The lowest BCUT2D eigenvalue weighted by atomic mass is 9.90. The van der Waals surface area contributed by atoms with Gasteiger partial charge in [0.2, 0.25) is 0 Å². The summed E-state index contributed by atoms with van der Waals surface area (Å²) in [4.78, 5) is 18.9. The molecule has 0 unspecified atom stereocenters. The van der Waals surface area contributed by atoms with Crippen LogP contribution in [0.3, 0.4) is 0 Å². The van der Waals surface area contributed by atoms with Gasteiger partial charge in [0.1, 0.15) is 0 Å². The van der Waals surface area contributed by atoms with Crippen molar-refractivity contribution in [2.75, 3.05) is 13.1 Å². The minimum absolute atomic E-state index is 0.114. The van der Waals surface area contributed by atoms with E-state index >= 15 is 0 Å². The van der Waals surface area contributed by atoms with Gasteiger partial charge in [-0.05, 0) is 80.6 Å². The van der Waals surface area contributed by atoms with Crippen LogP contribution in [-0.2, 0) is 0 Å². The number of benzene rings is 1. The number of hydrogen-bond acceptors (Lipinski definition) is 3. The fourth-order valence-corrected chi connectivity index (χ4v) is 3.87. The van der Waals surface area contributed by atoms with Crippen molar-refractivity contribution in [2.24, 2.45) is 0 Å². The molecule has 1 amide bonds. The van der Waals surface area contributed by atoms with Crippen LogP contribution in [0.5, 0.6) is 0 Å². The predicted octanol–water partition coefficient (Wildman–Crippen LogP) is 3.90. The van der Waals surface area contributed by atoms with Gasteiger partial charge in [0.25, 0.3) is 5.91 Å². The Morgan fingerprint density at radius 1 is 1.00 bits per heavy atom. The number of aromatic nitrogens is 3. The quantitative estimate of drug-likeness (QED) is 0.712. The molecule has 5 nitrogen and oxygen atoms in total. The molecule has 1 aromatic carbocycles. The number of amides is 1. The molecule has 1 aliphatic heterocycles. The van der Waals surface area contributed by atoms with Crippen LogP contribution < -0.4 is 0 Å². The summed E-state index contributed by atoms with van der Waals surface area (Å²) in [5.74, 6) is 0.633. The summed E-state index contributed by atoms with van der Waals surface area (Å²) >= 11 is 0. The zero-order valence-corrected chi connectivity index (χ0v) is 15.8. The number of hydrogen-bond donors (Lipinski definition) is 0. The molecule has 27 heavy (non-hydrogen) atoms. The molecule has 3 heterocycles. The van der Waals surface area contributed by atoms with Gasteiger partial charge in [-0.25, -0.2) is 4.68 Å². The van der Waals surface area contributed by atoms with Gasteiger partial charge in [0, 0.05) is 36.7 Å². The van der Waals surface area contributed by atoms with E-state index in [2.05, 4.69) is 22.2 Å². The van der Waals surface area contributed by atoms with Crippen molar-refractivity contribution in [3.05, 3.63) is 77.4 Å². The van der Waals surface area contributed by atoms with Gasteiger partial charge in [0.15, 0.2) is 0 Å². The highest BCUT2D eigenvalue weighted by atomic mass is 16.2. The topological polar surface area (TPSA) is 51.0 Å². The van der Waals surface area contributed by atoms with E-state index in [0.717, 1.165) is 48.6 Å². The highest BCUT2D eigenvalue weighted by Crippen LogP contribution is 2.28. The zero-order valence-electron chi connectivity index (χ0n) is 15.8. The lowest BCUT2D eigenvalue weighted by Gasteiger charge is -2.32. The number of nitrogens with zero attached hydrogens (tertiary/aromatic N) is 4. The zero-order chi connectivity index (χ0) is 18.8. The van der Waals surface area contributed by atoms with Crippen molar-refractivity contribution in [3.8, 4) is 5.69 Å². The van der Waals surface area contributed by atoms with E-state index in [1.807, 2.05) is 66.2 Å². The van der Waals surface area contributed by atoms with Crippen molar-refractivity contribution in [2.45, 2.75) is 32.6 Å². The number of likely N-dealkylation sites (tertiary alicyclic amines) is 1. The maximum absolute atomic E-state index is 12.9. The van der Waals surface area contributed by atoms with Crippen molar-refractivity contribution in [1.82, 2.24) is 19.7 Å². The molecule has 0 spiro atoms. The van der Waals surface area contributed by atoms with E-state index in [-0.39, 0.29) is 5.91 Å². The number of rotatable bonds is 3. The predicted molar refractivity (Wildman–Crippen MR) is 105 cm³/mol. The minimum atomic E-state index is 0.114. The van der Waals surface area contributed by atoms with Gasteiger partial charge in [-0.3, -0.25) is 9.78 Å². The van der Waals surface area contributed by atoms with Gasteiger partial charge in [-0.15, -0.1) is 0 Å². The van der Waals surface area contributed by atoms with Crippen LogP contribution in [0.25, 0.3) is 5.69 Å². The molecule has 5 heteroatoms. The Morgan fingerprint density at radius 3 is 2.26 bits per heavy atom. The summed E-state index contributed by atoms with van der Waals surface area (Å²) in [6, 6.07) is 14.0. The van der Waals surface area contributed by atoms with Crippen LogP contribution in [0.15, 0.2) is 54.9 Å². The van der Waals surface area contributed by atoms with Gasteiger partial charge in [0.05, 0.1) is 11.4 Å². The largest absolute Gasteiger partial charge is 0.339 e. The Labute approximate surface area is 159 Å². The molecule has 0 saturated carbocycles. The average Bonchev–Trinajstić information content (AvgIpc) is 3.06. The van der Waals surface area contributed by atoms with E-state index in [1.54, 1.807) is 0 Å². The summed E-state index contributed by atoms with van der Waals surface area (Å²) in [6.07, 6.45) is 5.69. The minimum Gasteiger partial charge on any atom is -0.339 e. The van der Waals surface area contributed by atoms with Gasteiger partial charge < -0.3 is 4.90 Å². The highest BCUT2D eigenvalue weighted by Gasteiger charge is 2.24. The van der Waals surface area contributed by atoms with Crippen molar-refractivity contribution >= 4 is 5.91 Å². The van der Waals surface area contributed by atoms with Gasteiger partial charge in [-0.1, -0.05) is 0 Å². The van der Waals surface area contributed by atoms with Crippen LogP contribution in [0.1, 0.15) is 46.1 Å². The molecule has 138 valence electrons. The number of carbonyl (C=O) groups is 1. The van der Waals surface area contributed by atoms with Crippen molar-refractivity contribution < 1.29 is 4.79 Å². The lowest BCUT2D eigenvalue weighted by molar-refractivity contribution is 0.0713. The molecule has 1 saturated heterocycles. The first-order valence-corrected chi connectivity index (χ1v) is 9.45. The summed E-state index contributed by atoms with van der Waals surface area (Å²) in [6.45, 7) is 5.61. The summed E-state index contributed by atoms with van der Waals surface area (Å²) in [5, 5.41) is 4.50. The molecule has 4 rings (SSSR count). The van der Waals surface area contributed by atoms with Crippen molar-refractivity contribution in [3.63, 3.8) is 0 Å². The third-order valence-electron chi connectivity index (χ3n) is 5.33. The Kier molecular flexibility index (Phi) is 4.75. The normalized spacial score (nSPS) is 15.1. The Balaban J connectivity index is 1.42. The van der Waals surface area contributed by atoms with Crippen molar-refractivity contribution in [1.29, 1.82) is 0 Å². The van der Waals surface area contributed by atoms with E-state index in [1.165, 1.54) is 5.56 Å². The summed E-state index contributed by atoms with van der Waals surface area (Å²) < 4.78 is 1.91. The number of carbonyl (C=O) groups excluding carboxylic acids is 1. The second-order valence-corrected chi connectivity index (χ2v) is 7.23. The fraction of sp³-hybridized carbons (Fsp3) is 0.318. The molecular weight excluding hydrogens is 336 g/mol. The standard InChI is InChI=1S/C22H24N4O/c1-16-15-17(2)26(24-16)21-5-3-20(4-6-21)22(27)25-13-9-19(10-14-25)18-7-11-23-12-8-18/h3-8,11-12,15,19H,9-10,13-14H2,1-2H3. The van der Waals surface area contributed by atoms with Crippen LogP contribution in [0.4, 0.5) is 0 Å². The first kappa shape index (κ1) is 17.5. The molecule has 0 bridgehead atoms. The highest BCUT2D eigenvalue weighted by molar-refractivity contribution is 5.94. The van der Waals surface area contributed by atoms with Crippen LogP contribution >= 0.6 is 0 Å². The molecule has 2 aromatic heterocycles. The van der Waals surface area contributed by atoms with Crippen LogP contribution in [0.2, 0.25) is 0 Å². The third kappa shape index (κ3) is 3.63. The summed E-state index contributed by atoms with van der Waals surface area (Å²) in [5.41, 5.74) is 5.12. The van der Waals surface area contributed by atoms with Gasteiger partial charge >= 0.3 is 0 Å². The number of aryl methyl sites for hydroxylation is 2. The smallest absolute Gasteiger partial charge is 0.253 e. The molecule has 0 atom stereocenters. The first-order chi connectivity index (χ1) is 13.1. The Hall–Kier alpha value is -2.95. The van der Waals surface area contributed by atoms with E-state index in [9.17, 15) is 4.79 Å². The van der Waals surface area contributed by atoms with E-state index in [0.29, 0.717) is 5.92 Å². The molecule has 0 radical (unpaired) electrons. The molecule has 1 aliphatic rings. The summed E-state index contributed by atoms with van der Waals surface area (Å²) in [7, 11) is 0. The van der Waals surface area contributed by atoms with E-state index < -0.39 is 0 Å². The molecule has 1 fully saturated rings. The first-order valence-electron chi connectivity index (χ1n) is 9.45. The fourth-order valence-electron chi connectivity index (χ4n) is 3.87. The van der Waals surface area contributed by atoms with Gasteiger partial charge in [-0.2, -0.15) is 5.10 Å². The van der Waals surface area contributed by atoms with Crippen LogP contribution in [0, 0.1) is 13.8 Å². The lowest BCUT2D eigenvalue weighted by Crippen LogP contribution is -2.37. The molecule has 3 aromatic rings. The monoisotopic (exact) mass is 360 g/mol. The maximum atomic E-state index is 12.9. The Morgan fingerprint density at radius 2 is 1.67 bits per heavy atom. The second-order valence-electron chi connectivity index (χ2n) is 7.23. The number of piperidine rings is 1. The molecule has 0 aliphatic carbocycles. The maximum Gasteiger partial charge on any atom is 0.253 e.